The van der Waals surface area contributed by atoms with Crippen LogP contribution in [0.2, 0.25) is 0 Å². The largest absolute Gasteiger partial charge is 0.494 e. The standard InChI is InChI=1S/C16H27NO2/c1-4-7-12-17(5-2)13-16(18)14-8-10-15(11-9-14)19-6-3/h8-11,16,18H,4-7,12-13H2,1-3H3. The maximum Gasteiger partial charge on any atom is 0.119 e. The van der Waals surface area contributed by atoms with Crippen molar-refractivity contribution in [1.82, 2.24) is 4.90 Å². The number of likely N-dealkylation sites (N-methyl/N-ethyl adjacent to an activating group) is 1. The molecular weight excluding hydrogens is 238 g/mol. The van der Waals surface area contributed by atoms with Crippen LogP contribution in [0.3, 0.4) is 0 Å². The van der Waals surface area contributed by atoms with Crippen LogP contribution in [0, 0.1) is 0 Å². The van der Waals surface area contributed by atoms with Crippen molar-refractivity contribution in [2.45, 2.75) is 39.7 Å². The summed E-state index contributed by atoms with van der Waals surface area (Å²) < 4.78 is 5.40. The smallest absolute Gasteiger partial charge is 0.119 e. The zero-order valence-electron chi connectivity index (χ0n) is 12.4. The second kappa shape index (κ2) is 8.94. The molecule has 3 nitrogen and oxygen atoms in total. The summed E-state index contributed by atoms with van der Waals surface area (Å²) in [5, 5.41) is 10.3. The number of rotatable bonds is 9. The Kier molecular flexibility index (Phi) is 7.53. The van der Waals surface area contributed by atoms with Crippen LogP contribution in [-0.4, -0.2) is 36.2 Å². The van der Waals surface area contributed by atoms with Crippen LogP contribution < -0.4 is 4.74 Å². The fourth-order valence-corrected chi connectivity index (χ4v) is 2.06. The van der Waals surface area contributed by atoms with Gasteiger partial charge in [0.25, 0.3) is 0 Å². The number of hydrogen-bond donors (Lipinski definition) is 1. The SMILES string of the molecule is CCCCN(CC)CC(O)c1ccc(OCC)cc1. The highest BCUT2D eigenvalue weighted by Crippen LogP contribution is 2.19. The van der Waals surface area contributed by atoms with E-state index >= 15 is 0 Å². The van der Waals surface area contributed by atoms with Gasteiger partial charge in [-0.25, -0.2) is 0 Å². The lowest BCUT2D eigenvalue weighted by atomic mass is 10.1. The lowest BCUT2D eigenvalue weighted by Crippen LogP contribution is -2.29. The zero-order chi connectivity index (χ0) is 14.1. The maximum absolute atomic E-state index is 10.3. The van der Waals surface area contributed by atoms with Gasteiger partial charge in [-0.15, -0.1) is 0 Å². The molecule has 19 heavy (non-hydrogen) atoms. The number of hydrogen-bond acceptors (Lipinski definition) is 3. The van der Waals surface area contributed by atoms with Gasteiger partial charge in [-0.1, -0.05) is 32.4 Å². The summed E-state index contributed by atoms with van der Waals surface area (Å²) in [5.74, 6) is 0.858. The second-order valence-corrected chi connectivity index (χ2v) is 4.76. The first-order valence-corrected chi connectivity index (χ1v) is 7.34. The van der Waals surface area contributed by atoms with Gasteiger partial charge in [-0.3, -0.25) is 0 Å². The van der Waals surface area contributed by atoms with Crippen LogP contribution >= 0.6 is 0 Å². The fourth-order valence-electron chi connectivity index (χ4n) is 2.06. The third-order valence-electron chi connectivity index (χ3n) is 3.28. The van der Waals surface area contributed by atoms with Crippen LogP contribution in [0.1, 0.15) is 45.3 Å². The molecule has 0 saturated carbocycles. The van der Waals surface area contributed by atoms with Gasteiger partial charge in [0, 0.05) is 6.54 Å². The van der Waals surface area contributed by atoms with E-state index in [0.717, 1.165) is 24.4 Å². The molecule has 1 rings (SSSR count). The third kappa shape index (κ3) is 5.62. The van der Waals surface area contributed by atoms with Crippen LogP contribution in [0.25, 0.3) is 0 Å². The van der Waals surface area contributed by atoms with Crippen molar-refractivity contribution in [2.75, 3.05) is 26.2 Å². The Labute approximate surface area is 117 Å². The molecule has 0 aliphatic rings. The fraction of sp³-hybridized carbons (Fsp3) is 0.625. The second-order valence-electron chi connectivity index (χ2n) is 4.76. The van der Waals surface area contributed by atoms with Crippen LogP contribution in [0.5, 0.6) is 5.75 Å². The summed E-state index contributed by atoms with van der Waals surface area (Å²) in [6.45, 7) is 9.70. The molecule has 0 aromatic heterocycles. The van der Waals surface area contributed by atoms with E-state index in [1.165, 1.54) is 12.8 Å². The molecule has 0 radical (unpaired) electrons. The van der Waals surface area contributed by atoms with Crippen LogP contribution in [0.15, 0.2) is 24.3 Å². The Morgan fingerprint density at radius 2 is 1.84 bits per heavy atom. The Morgan fingerprint density at radius 3 is 2.37 bits per heavy atom. The monoisotopic (exact) mass is 265 g/mol. The molecule has 0 heterocycles. The van der Waals surface area contributed by atoms with Crippen molar-refractivity contribution in [1.29, 1.82) is 0 Å². The number of nitrogens with zero attached hydrogens (tertiary/aromatic N) is 1. The molecule has 0 fully saturated rings. The van der Waals surface area contributed by atoms with E-state index in [1.54, 1.807) is 0 Å². The predicted octanol–water partition coefficient (Wildman–Crippen LogP) is 3.24. The van der Waals surface area contributed by atoms with E-state index in [0.29, 0.717) is 13.2 Å². The molecule has 0 aliphatic heterocycles. The van der Waals surface area contributed by atoms with Crippen molar-refractivity contribution < 1.29 is 9.84 Å². The summed E-state index contributed by atoms with van der Waals surface area (Å²) in [7, 11) is 0. The number of benzene rings is 1. The van der Waals surface area contributed by atoms with E-state index in [9.17, 15) is 5.11 Å². The number of ether oxygens (including phenoxy) is 1. The lowest BCUT2D eigenvalue weighted by molar-refractivity contribution is 0.115. The van der Waals surface area contributed by atoms with Crippen molar-refractivity contribution in [3.8, 4) is 5.75 Å². The summed E-state index contributed by atoms with van der Waals surface area (Å²) in [6, 6.07) is 7.74. The van der Waals surface area contributed by atoms with Crippen molar-refractivity contribution in [3.63, 3.8) is 0 Å². The average molecular weight is 265 g/mol. The minimum absolute atomic E-state index is 0.424. The Bertz CT molecular complexity index is 337. The number of unbranched alkanes of at least 4 members (excludes halogenated alkanes) is 1. The molecule has 108 valence electrons. The van der Waals surface area contributed by atoms with Gasteiger partial charge in [-0.05, 0) is 44.1 Å². The lowest BCUT2D eigenvalue weighted by Gasteiger charge is -2.23. The molecule has 0 spiro atoms. The molecular formula is C16H27NO2. The normalized spacial score (nSPS) is 12.7. The van der Waals surface area contributed by atoms with E-state index in [-0.39, 0.29) is 0 Å². The van der Waals surface area contributed by atoms with Gasteiger partial charge < -0.3 is 14.7 Å². The average Bonchev–Trinajstić information content (AvgIpc) is 2.44. The first-order valence-electron chi connectivity index (χ1n) is 7.34. The van der Waals surface area contributed by atoms with Gasteiger partial charge in [-0.2, -0.15) is 0 Å². The summed E-state index contributed by atoms with van der Waals surface area (Å²) in [5.41, 5.74) is 0.957. The van der Waals surface area contributed by atoms with Gasteiger partial charge in [0.1, 0.15) is 5.75 Å². The first-order chi connectivity index (χ1) is 9.21. The number of aliphatic hydroxyl groups excluding tert-OH is 1. The van der Waals surface area contributed by atoms with Gasteiger partial charge in [0.15, 0.2) is 0 Å². The highest BCUT2D eigenvalue weighted by atomic mass is 16.5. The molecule has 0 aliphatic carbocycles. The van der Waals surface area contributed by atoms with E-state index < -0.39 is 6.10 Å². The highest BCUT2D eigenvalue weighted by molar-refractivity contribution is 5.28. The minimum Gasteiger partial charge on any atom is -0.494 e. The van der Waals surface area contributed by atoms with Crippen molar-refractivity contribution >= 4 is 0 Å². The number of aliphatic hydroxyl groups is 1. The van der Waals surface area contributed by atoms with Crippen LogP contribution in [0.4, 0.5) is 0 Å². The highest BCUT2D eigenvalue weighted by Gasteiger charge is 2.12. The molecule has 0 amide bonds. The van der Waals surface area contributed by atoms with Crippen molar-refractivity contribution in [2.24, 2.45) is 0 Å². The van der Waals surface area contributed by atoms with E-state index in [2.05, 4.69) is 18.7 Å². The van der Waals surface area contributed by atoms with Gasteiger partial charge in [0.05, 0.1) is 12.7 Å². The third-order valence-corrected chi connectivity index (χ3v) is 3.28. The molecule has 1 aromatic carbocycles. The predicted molar refractivity (Wildman–Crippen MR) is 79.6 cm³/mol. The molecule has 0 saturated heterocycles. The minimum atomic E-state index is -0.424. The van der Waals surface area contributed by atoms with E-state index in [1.807, 2.05) is 31.2 Å². The quantitative estimate of drug-likeness (QED) is 0.744. The van der Waals surface area contributed by atoms with Crippen LogP contribution in [-0.2, 0) is 0 Å². The molecule has 1 aromatic rings. The Morgan fingerprint density at radius 1 is 1.16 bits per heavy atom. The zero-order valence-corrected chi connectivity index (χ0v) is 12.4. The molecule has 1 N–H and O–H groups in total. The summed E-state index contributed by atoms with van der Waals surface area (Å²) in [6.07, 6.45) is 1.95. The first kappa shape index (κ1) is 16.0. The Balaban J connectivity index is 2.53. The maximum atomic E-state index is 10.3. The van der Waals surface area contributed by atoms with Gasteiger partial charge >= 0.3 is 0 Å². The summed E-state index contributed by atoms with van der Waals surface area (Å²) >= 11 is 0. The summed E-state index contributed by atoms with van der Waals surface area (Å²) in [4.78, 5) is 2.30. The van der Waals surface area contributed by atoms with Crippen molar-refractivity contribution in [3.05, 3.63) is 29.8 Å². The molecule has 0 bridgehead atoms. The molecule has 1 unspecified atom stereocenters. The molecule has 1 atom stereocenters. The topological polar surface area (TPSA) is 32.7 Å². The Hall–Kier alpha value is -1.06. The van der Waals surface area contributed by atoms with Gasteiger partial charge in [0.2, 0.25) is 0 Å². The van der Waals surface area contributed by atoms with E-state index in [4.69, 9.17) is 4.74 Å². The molecule has 3 heteroatoms.